The average Bonchev–Trinajstić information content (AvgIpc) is 2.55. The molecule has 1 N–H and O–H groups in total. The summed E-state index contributed by atoms with van der Waals surface area (Å²) in [4.78, 5) is 11.7. The highest BCUT2D eigenvalue weighted by Gasteiger charge is 2.32. The zero-order valence-electron chi connectivity index (χ0n) is 16.2. The first-order chi connectivity index (χ1) is 13.1. The van der Waals surface area contributed by atoms with Gasteiger partial charge in [-0.2, -0.15) is 0 Å². The van der Waals surface area contributed by atoms with Crippen LogP contribution in [0.25, 0.3) is 11.1 Å². The molecule has 3 rings (SSSR count). The molecule has 0 saturated heterocycles. The number of rotatable bonds is 5. The van der Waals surface area contributed by atoms with E-state index in [1.807, 2.05) is 32.9 Å². The van der Waals surface area contributed by atoms with Gasteiger partial charge in [-0.25, -0.2) is 13.6 Å². The van der Waals surface area contributed by atoms with Crippen LogP contribution in [-0.4, -0.2) is 29.4 Å². The van der Waals surface area contributed by atoms with Crippen molar-refractivity contribution in [2.45, 2.75) is 51.2 Å². The molecular weight excluding hydrogens is 366 g/mol. The predicted octanol–water partition coefficient (Wildman–Crippen LogP) is 4.94. The summed E-state index contributed by atoms with van der Waals surface area (Å²) >= 11 is 0. The van der Waals surface area contributed by atoms with E-state index in [1.54, 1.807) is 12.1 Å². The van der Waals surface area contributed by atoms with Crippen molar-refractivity contribution in [2.75, 3.05) is 6.61 Å². The van der Waals surface area contributed by atoms with Gasteiger partial charge in [0.05, 0.1) is 6.10 Å². The molecule has 6 heteroatoms. The number of hydrogen-bond acceptors (Lipinski definition) is 4. The molecule has 0 atom stereocenters. The van der Waals surface area contributed by atoms with Gasteiger partial charge in [0.2, 0.25) is 0 Å². The predicted molar refractivity (Wildman–Crippen MR) is 101 cm³/mol. The van der Waals surface area contributed by atoms with Crippen LogP contribution in [0.1, 0.15) is 45.1 Å². The molecule has 2 aromatic rings. The number of esters is 1. The first kappa shape index (κ1) is 20.3. The van der Waals surface area contributed by atoms with E-state index in [0.717, 1.165) is 24.5 Å². The minimum atomic E-state index is -1.08. The molecule has 1 aliphatic carbocycles. The highest BCUT2D eigenvalue weighted by molar-refractivity contribution is 5.71. The zero-order chi connectivity index (χ0) is 20.5. The van der Waals surface area contributed by atoms with Gasteiger partial charge in [-0.05, 0) is 56.7 Å². The van der Waals surface area contributed by atoms with E-state index in [0.29, 0.717) is 11.5 Å². The number of ether oxygens (including phenoxy) is 2. The van der Waals surface area contributed by atoms with Crippen LogP contribution in [0, 0.1) is 11.6 Å². The van der Waals surface area contributed by atoms with Gasteiger partial charge < -0.3 is 14.6 Å². The Morgan fingerprint density at radius 1 is 1.14 bits per heavy atom. The summed E-state index contributed by atoms with van der Waals surface area (Å²) in [5.41, 5.74) is 1.06. The van der Waals surface area contributed by atoms with Crippen LogP contribution in [0.4, 0.5) is 8.78 Å². The number of hydrogen-bond donors (Lipinski definition) is 1. The van der Waals surface area contributed by atoms with Crippen molar-refractivity contribution < 1.29 is 28.2 Å². The maximum Gasteiger partial charge on any atom is 0.332 e. The van der Waals surface area contributed by atoms with Gasteiger partial charge in [-0.3, -0.25) is 0 Å². The normalized spacial score (nSPS) is 19.2. The van der Waals surface area contributed by atoms with Crippen LogP contribution in [0.3, 0.4) is 0 Å². The van der Waals surface area contributed by atoms with E-state index in [4.69, 9.17) is 9.47 Å². The molecule has 0 unspecified atom stereocenters. The fourth-order valence-corrected chi connectivity index (χ4v) is 3.25. The zero-order valence-corrected chi connectivity index (χ0v) is 16.2. The molecule has 150 valence electrons. The Labute approximate surface area is 163 Å². The van der Waals surface area contributed by atoms with Crippen molar-refractivity contribution >= 4 is 5.97 Å². The number of carbonyl (C=O) groups excluding carboxylic acids is 1. The molecule has 1 saturated carbocycles. The lowest BCUT2D eigenvalue weighted by Crippen LogP contribution is -2.33. The number of phenolic OH excluding ortho intramolecular Hbond substituents is 1. The summed E-state index contributed by atoms with van der Waals surface area (Å²) in [5.74, 6) is -2.46. The SMILES string of the molecule is CC(C)(C)OC(=O)CO[C@H]1C[C@@H](c2ccc(-c3cc(O)cc(F)c3F)cc2)C1. The van der Waals surface area contributed by atoms with E-state index in [-0.39, 0.29) is 30.0 Å². The van der Waals surface area contributed by atoms with Gasteiger partial charge in [-0.15, -0.1) is 0 Å². The summed E-state index contributed by atoms with van der Waals surface area (Å²) in [5, 5.41) is 9.50. The highest BCUT2D eigenvalue weighted by Crippen LogP contribution is 2.39. The third-order valence-electron chi connectivity index (χ3n) is 4.66. The molecular formula is C22H24F2O4. The molecule has 28 heavy (non-hydrogen) atoms. The number of aromatic hydroxyl groups is 1. The van der Waals surface area contributed by atoms with Gasteiger partial charge in [0.1, 0.15) is 18.0 Å². The lowest BCUT2D eigenvalue weighted by atomic mass is 9.77. The number of phenols is 1. The highest BCUT2D eigenvalue weighted by atomic mass is 19.2. The van der Waals surface area contributed by atoms with Crippen molar-refractivity contribution in [1.29, 1.82) is 0 Å². The number of halogens is 2. The van der Waals surface area contributed by atoms with Gasteiger partial charge in [0.15, 0.2) is 11.6 Å². The fraction of sp³-hybridized carbons (Fsp3) is 0.409. The second-order valence-electron chi connectivity index (χ2n) is 8.10. The third-order valence-corrected chi connectivity index (χ3v) is 4.66. The van der Waals surface area contributed by atoms with Crippen LogP contribution >= 0.6 is 0 Å². The maximum atomic E-state index is 14.0. The molecule has 2 aromatic carbocycles. The quantitative estimate of drug-likeness (QED) is 0.735. The molecule has 1 fully saturated rings. The Morgan fingerprint density at radius 3 is 2.39 bits per heavy atom. The Morgan fingerprint density at radius 2 is 1.79 bits per heavy atom. The smallest absolute Gasteiger partial charge is 0.332 e. The van der Waals surface area contributed by atoms with Crippen LogP contribution in [0.15, 0.2) is 36.4 Å². The minimum Gasteiger partial charge on any atom is -0.508 e. The van der Waals surface area contributed by atoms with E-state index in [2.05, 4.69) is 0 Å². The second kappa shape index (κ2) is 7.87. The lowest BCUT2D eigenvalue weighted by molar-refractivity contribution is -0.164. The topological polar surface area (TPSA) is 55.8 Å². The summed E-state index contributed by atoms with van der Waals surface area (Å²) in [6.45, 7) is 5.37. The summed E-state index contributed by atoms with van der Waals surface area (Å²) in [7, 11) is 0. The standard InChI is InChI=1S/C22H24F2O4/c1-22(2,3)28-20(26)12-27-17-8-15(9-17)13-4-6-14(7-5-13)18-10-16(25)11-19(23)21(18)24/h4-7,10-11,15,17,25H,8-9,12H2,1-3H3/t15-,17+. The van der Waals surface area contributed by atoms with Crippen molar-refractivity contribution in [2.24, 2.45) is 0 Å². The first-order valence-corrected chi connectivity index (χ1v) is 9.24. The summed E-state index contributed by atoms with van der Waals surface area (Å²) in [6.07, 6.45) is 1.59. The van der Waals surface area contributed by atoms with E-state index in [1.165, 1.54) is 6.07 Å². The van der Waals surface area contributed by atoms with Gasteiger partial charge in [0.25, 0.3) is 0 Å². The van der Waals surface area contributed by atoms with Gasteiger partial charge in [-0.1, -0.05) is 24.3 Å². The average molecular weight is 390 g/mol. The van der Waals surface area contributed by atoms with Crippen LogP contribution < -0.4 is 0 Å². The first-order valence-electron chi connectivity index (χ1n) is 9.24. The molecule has 4 nitrogen and oxygen atoms in total. The Balaban J connectivity index is 1.54. The molecule has 0 amide bonds. The molecule has 0 heterocycles. The van der Waals surface area contributed by atoms with Crippen LogP contribution in [0.2, 0.25) is 0 Å². The van der Waals surface area contributed by atoms with E-state index >= 15 is 0 Å². The lowest BCUT2D eigenvalue weighted by Gasteiger charge is -2.35. The molecule has 0 bridgehead atoms. The molecule has 0 aromatic heterocycles. The summed E-state index contributed by atoms with van der Waals surface area (Å²) < 4.78 is 38.2. The van der Waals surface area contributed by atoms with Crippen molar-refractivity contribution in [3.8, 4) is 16.9 Å². The second-order valence-corrected chi connectivity index (χ2v) is 8.10. The van der Waals surface area contributed by atoms with Crippen molar-refractivity contribution in [3.05, 3.63) is 53.6 Å². The van der Waals surface area contributed by atoms with Crippen molar-refractivity contribution in [1.82, 2.24) is 0 Å². The van der Waals surface area contributed by atoms with Crippen LogP contribution in [0.5, 0.6) is 5.75 Å². The van der Waals surface area contributed by atoms with E-state index < -0.39 is 17.2 Å². The fourth-order valence-electron chi connectivity index (χ4n) is 3.25. The largest absolute Gasteiger partial charge is 0.508 e. The van der Waals surface area contributed by atoms with Gasteiger partial charge >= 0.3 is 5.97 Å². The molecule has 0 spiro atoms. The minimum absolute atomic E-state index is 0.00908. The molecule has 0 aliphatic heterocycles. The van der Waals surface area contributed by atoms with E-state index in [9.17, 15) is 18.7 Å². The maximum absolute atomic E-state index is 14.0. The Hall–Kier alpha value is -2.47. The Kier molecular flexibility index (Phi) is 5.70. The Bertz CT molecular complexity index is 850. The van der Waals surface area contributed by atoms with Gasteiger partial charge in [0, 0.05) is 11.6 Å². The van der Waals surface area contributed by atoms with Crippen LogP contribution in [-0.2, 0) is 14.3 Å². The molecule has 0 radical (unpaired) electrons. The third kappa shape index (κ3) is 4.87. The number of benzene rings is 2. The van der Waals surface area contributed by atoms with Crippen molar-refractivity contribution in [3.63, 3.8) is 0 Å². The number of carbonyl (C=O) groups is 1. The monoisotopic (exact) mass is 390 g/mol. The summed E-state index contributed by atoms with van der Waals surface area (Å²) in [6, 6.07) is 9.11. The molecule has 1 aliphatic rings.